The van der Waals surface area contributed by atoms with Crippen molar-refractivity contribution in [1.82, 2.24) is 4.98 Å². The molecule has 0 spiro atoms. The maximum Gasteiger partial charge on any atom is 0.266 e. The highest BCUT2D eigenvalue weighted by molar-refractivity contribution is 7.92. The molecule has 1 aliphatic carbocycles. The topological polar surface area (TPSA) is 89.5 Å². The Morgan fingerprint density at radius 1 is 1.12 bits per heavy atom. The van der Waals surface area contributed by atoms with Gasteiger partial charge in [0.2, 0.25) is 0 Å². The number of hydrogen-bond donors (Lipinski definition) is 2. The molecule has 8 heteroatoms. The Kier molecular flexibility index (Phi) is 4.48. The van der Waals surface area contributed by atoms with Crippen LogP contribution in [0, 0.1) is 0 Å². The third-order valence-corrected chi connectivity index (χ3v) is 4.99. The largest absolute Gasteiger partial charge is 0.497 e. The van der Waals surface area contributed by atoms with Crippen LogP contribution in [0.1, 0.15) is 12.8 Å². The summed E-state index contributed by atoms with van der Waals surface area (Å²) in [6.07, 6.45) is 3.92. The van der Waals surface area contributed by atoms with Crippen molar-refractivity contribution in [3.8, 4) is 11.5 Å². The summed E-state index contributed by atoms with van der Waals surface area (Å²) in [6, 6.07) is 8.51. The molecule has 0 aliphatic heterocycles. The highest BCUT2D eigenvalue weighted by atomic mass is 32.2. The lowest BCUT2D eigenvalue weighted by Gasteiger charge is -2.12. The van der Waals surface area contributed by atoms with Crippen LogP contribution in [0.15, 0.2) is 41.4 Å². The number of aromatic nitrogens is 1. The van der Waals surface area contributed by atoms with Crippen LogP contribution in [0.3, 0.4) is 0 Å². The van der Waals surface area contributed by atoms with Crippen LogP contribution in [-0.2, 0) is 10.0 Å². The first-order valence-electron chi connectivity index (χ1n) is 7.49. The second-order valence-corrected chi connectivity index (χ2v) is 7.12. The Morgan fingerprint density at radius 3 is 2.50 bits per heavy atom. The van der Waals surface area contributed by atoms with E-state index in [0.29, 0.717) is 11.8 Å². The van der Waals surface area contributed by atoms with Gasteiger partial charge in [0.25, 0.3) is 10.0 Å². The van der Waals surface area contributed by atoms with Crippen LogP contribution < -0.4 is 19.5 Å². The van der Waals surface area contributed by atoms with Gasteiger partial charge in [-0.25, -0.2) is 13.4 Å². The van der Waals surface area contributed by atoms with Gasteiger partial charge in [0.05, 0.1) is 26.1 Å². The van der Waals surface area contributed by atoms with Crippen LogP contribution in [0.4, 0.5) is 11.5 Å². The normalized spacial score (nSPS) is 14.1. The van der Waals surface area contributed by atoms with E-state index in [-0.39, 0.29) is 16.5 Å². The van der Waals surface area contributed by atoms with Crippen LogP contribution >= 0.6 is 0 Å². The molecule has 1 aromatic carbocycles. The van der Waals surface area contributed by atoms with Crippen molar-refractivity contribution in [2.45, 2.75) is 23.8 Å². The number of nitrogens with zero attached hydrogens (tertiary/aromatic N) is 1. The highest BCUT2D eigenvalue weighted by Gasteiger charge is 2.22. The molecular weight excluding hydrogens is 330 g/mol. The summed E-state index contributed by atoms with van der Waals surface area (Å²) in [6.45, 7) is 0. The molecule has 1 aliphatic rings. The van der Waals surface area contributed by atoms with Gasteiger partial charge in [0.1, 0.15) is 22.2 Å². The lowest BCUT2D eigenvalue weighted by atomic mass is 10.3. The molecule has 0 bridgehead atoms. The van der Waals surface area contributed by atoms with E-state index in [2.05, 4.69) is 15.0 Å². The summed E-state index contributed by atoms with van der Waals surface area (Å²) in [5.74, 6) is 0.893. The molecule has 24 heavy (non-hydrogen) atoms. The van der Waals surface area contributed by atoms with E-state index < -0.39 is 10.0 Å². The Hall–Kier alpha value is -2.48. The van der Waals surface area contributed by atoms with Crippen molar-refractivity contribution >= 4 is 21.5 Å². The zero-order chi connectivity index (χ0) is 17.2. The van der Waals surface area contributed by atoms with E-state index in [1.807, 2.05) is 0 Å². The van der Waals surface area contributed by atoms with Crippen molar-refractivity contribution in [1.29, 1.82) is 0 Å². The molecule has 1 saturated carbocycles. The van der Waals surface area contributed by atoms with Crippen molar-refractivity contribution in [3.63, 3.8) is 0 Å². The quantitative estimate of drug-likeness (QED) is 0.798. The predicted octanol–water partition coefficient (Wildman–Crippen LogP) is 2.47. The molecule has 0 unspecified atom stereocenters. The summed E-state index contributed by atoms with van der Waals surface area (Å²) in [4.78, 5) is 4.14. The molecule has 1 fully saturated rings. The monoisotopic (exact) mass is 349 g/mol. The van der Waals surface area contributed by atoms with Crippen molar-refractivity contribution in [3.05, 3.63) is 36.5 Å². The Morgan fingerprint density at radius 2 is 1.92 bits per heavy atom. The SMILES string of the molecule is COc1ccc(OC)c(S(=O)(=O)Nc2ccc(NC3CC3)cn2)c1. The minimum atomic E-state index is -3.85. The lowest BCUT2D eigenvalue weighted by Crippen LogP contribution is -2.15. The van der Waals surface area contributed by atoms with Crippen LogP contribution in [0.25, 0.3) is 0 Å². The van der Waals surface area contributed by atoms with Crippen molar-refractivity contribution < 1.29 is 17.9 Å². The fraction of sp³-hybridized carbons (Fsp3) is 0.312. The molecule has 1 heterocycles. The van der Waals surface area contributed by atoms with E-state index >= 15 is 0 Å². The van der Waals surface area contributed by atoms with Crippen LogP contribution in [0.2, 0.25) is 0 Å². The van der Waals surface area contributed by atoms with Gasteiger partial charge < -0.3 is 14.8 Å². The van der Waals surface area contributed by atoms with Gasteiger partial charge in [0, 0.05) is 12.1 Å². The summed E-state index contributed by atoms with van der Waals surface area (Å²) >= 11 is 0. The first-order valence-corrected chi connectivity index (χ1v) is 8.97. The molecule has 0 amide bonds. The predicted molar refractivity (Wildman–Crippen MR) is 91.2 cm³/mol. The molecule has 3 rings (SSSR count). The van der Waals surface area contributed by atoms with Gasteiger partial charge in [-0.2, -0.15) is 0 Å². The average molecular weight is 349 g/mol. The first kappa shape index (κ1) is 16.4. The molecule has 2 aromatic rings. The second-order valence-electron chi connectivity index (χ2n) is 5.47. The standard InChI is InChI=1S/C16H19N3O4S/c1-22-13-6-7-14(23-2)15(9-13)24(20,21)19-16-8-5-12(10-17-16)18-11-3-4-11/h5-11,18H,3-4H2,1-2H3,(H,17,19). The molecule has 0 saturated heterocycles. The molecule has 2 N–H and O–H groups in total. The Balaban J connectivity index is 1.82. The average Bonchev–Trinajstić information content (AvgIpc) is 3.40. The van der Waals surface area contributed by atoms with Gasteiger partial charge in [-0.1, -0.05) is 0 Å². The van der Waals surface area contributed by atoms with E-state index in [9.17, 15) is 8.42 Å². The summed E-state index contributed by atoms with van der Waals surface area (Å²) in [7, 11) is -0.965. The van der Waals surface area contributed by atoms with E-state index in [1.54, 1.807) is 30.5 Å². The number of benzene rings is 1. The number of pyridine rings is 1. The molecule has 128 valence electrons. The molecule has 7 nitrogen and oxygen atoms in total. The zero-order valence-electron chi connectivity index (χ0n) is 13.4. The maximum atomic E-state index is 12.6. The smallest absolute Gasteiger partial charge is 0.266 e. The fourth-order valence-electron chi connectivity index (χ4n) is 2.19. The van der Waals surface area contributed by atoms with Gasteiger partial charge in [-0.05, 0) is 37.1 Å². The number of ether oxygens (including phenoxy) is 2. The van der Waals surface area contributed by atoms with Gasteiger partial charge in [-0.15, -0.1) is 0 Å². The zero-order valence-corrected chi connectivity index (χ0v) is 14.3. The van der Waals surface area contributed by atoms with Gasteiger partial charge in [-0.3, -0.25) is 4.72 Å². The third kappa shape index (κ3) is 3.70. The molecule has 0 atom stereocenters. The molecule has 0 radical (unpaired) electrons. The maximum absolute atomic E-state index is 12.6. The number of hydrogen-bond acceptors (Lipinski definition) is 6. The molecular formula is C16H19N3O4S. The van der Waals surface area contributed by atoms with Crippen molar-refractivity contribution in [2.75, 3.05) is 24.3 Å². The highest BCUT2D eigenvalue weighted by Crippen LogP contribution is 2.30. The van der Waals surface area contributed by atoms with E-state index in [1.165, 1.54) is 20.3 Å². The van der Waals surface area contributed by atoms with Gasteiger partial charge >= 0.3 is 0 Å². The first-order chi connectivity index (χ1) is 11.5. The minimum absolute atomic E-state index is 0.00803. The number of anilines is 2. The minimum Gasteiger partial charge on any atom is -0.497 e. The Labute approximate surface area is 141 Å². The van der Waals surface area contributed by atoms with E-state index in [4.69, 9.17) is 9.47 Å². The second kappa shape index (κ2) is 6.56. The number of nitrogens with one attached hydrogen (secondary N) is 2. The van der Waals surface area contributed by atoms with Crippen molar-refractivity contribution in [2.24, 2.45) is 0 Å². The Bertz CT molecular complexity index is 818. The number of sulfonamides is 1. The third-order valence-electron chi connectivity index (χ3n) is 3.61. The lowest BCUT2D eigenvalue weighted by molar-refractivity contribution is 0.392. The number of rotatable bonds is 7. The molecule has 1 aromatic heterocycles. The number of methoxy groups -OCH3 is 2. The van der Waals surface area contributed by atoms with Crippen LogP contribution in [0.5, 0.6) is 11.5 Å². The summed E-state index contributed by atoms with van der Waals surface area (Å²) in [5, 5.41) is 3.29. The summed E-state index contributed by atoms with van der Waals surface area (Å²) in [5.41, 5.74) is 0.874. The van der Waals surface area contributed by atoms with E-state index in [0.717, 1.165) is 18.5 Å². The fourth-order valence-corrected chi connectivity index (χ4v) is 3.38. The van der Waals surface area contributed by atoms with Crippen LogP contribution in [-0.4, -0.2) is 33.7 Å². The van der Waals surface area contributed by atoms with Gasteiger partial charge in [0.15, 0.2) is 0 Å². The summed E-state index contributed by atoms with van der Waals surface area (Å²) < 4.78 is 37.9.